The van der Waals surface area contributed by atoms with E-state index in [1.807, 2.05) is 6.92 Å². The predicted octanol–water partition coefficient (Wildman–Crippen LogP) is 2.99. The van der Waals surface area contributed by atoms with E-state index in [1.165, 1.54) is 0 Å². The Balaban J connectivity index is 3.95. The van der Waals surface area contributed by atoms with Crippen molar-refractivity contribution in [2.75, 3.05) is 6.61 Å². The monoisotopic (exact) mass is 263 g/mol. The number of hydrogen-bond acceptors (Lipinski definition) is 3. The van der Waals surface area contributed by atoms with E-state index in [1.54, 1.807) is 6.61 Å². The van der Waals surface area contributed by atoms with Crippen molar-refractivity contribution in [2.24, 2.45) is 0 Å². The molecule has 0 rings (SSSR count). The lowest BCUT2D eigenvalue weighted by Crippen LogP contribution is -2.44. The van der Waals surface area contributed by atoms with Gasteiger partial charge in [-0.1, -0.05) is 6.92 Å². The summed E-state index contributed by atoms with van der Waals surface area (Å²) in [6.07, 6.45) is 0.472. The van der Waals surface area contributed by atoms with Crippen LogP contribution in [-0.4, -0.2) is 34.5 Å². The highest BCUT2D eigenvalue weighted by atomic mass is 28.4. The van der Waals surface area contributed by atoms with Crippen LogP contribution in [0.2, 0.25) is 38.8 Å². The second-order valence-corrected chi connectivity index (χ2v) is 14.7. The summed E-state index contributed by atoms with van der Waals surface area (Å²) < 4.78 is 11.4. The summed E-state index contributed by atoms with van der Waals surface area (Å²) in [5.41, 5.74) is 0. The number of hydrogen-bond donors (Lipinski definition) is 1. The first-order valence-corrected chi connectivity index (χ1v) is 12.5. The molecule has 0 aliphatic heterocycles. The van der Waals surface area contributed by atoms with Gasteiger partial charge in [0, 0.05) is 0 Å². The van der Waals surface area contributed by atoms with Crippen LogP contribution in [0, 0.1) is 6.61 Å². The lowest BCUT2D eigenvalue weighted by Gasteiger charge is -2.32. The van der Waals surface area contributed by atoms with Gasteiger partial charge in [-0.25, -0.2) is 0 Å². The van der Waals surface area contributed by atoms with Crippen LogP contribution in [0.1, 0.15) is 13.3 Å². The molecule has 0 fully saturated rings. The second-order valence-electron chi connectivity index (χ2n) is 5.74. The fraction of sp³-hybridized carbons (Fsp3) is 0.909. The van der Waals surface area contributed by atoms with Gasteiger partial charge in [-0.2, -0.15) is 0 Å². The molecule has 16 heavy (non-hydrogen) atoms. The Morgan fingerprint density at radius 1 is 1.19 bits per heavy atom. The van der Waals surface area contributed by atoms with Crippen molar-refractivity contribution in [1.82, 2.24) is 0 Å². The largest absolute Gasteiger partial charge is 0.456 e. The summed E-state index contributed by atoms with van der Waals surface area (Å²) in [6.45, 7) is 15.0. The highest BCUT2D eigenvalue weighted by Crippen LogP contribution is 2.20. The molecule has 1 N–H and O–H groups in total. The van der Waals surface area contributed by atoms with Crippen molar-refractivity contribution < 1.29 is 14.0 Å². The molecule has 0 heterocycles. The normalized spacial score (nSPS) is 15.2. The van der Waals surface area contributed by atoms with Gasteiger partial charge in [0.05, 0.1) is 19.3 Å². The molecule has 0 aromatic rings. The van der Waals surface area contributed by atoms with E-state index in [0.717, 1.165) is 12.5 Å². The molecule has 0 aromatic heterocycles. The maximum Gasteiger partial charge on any atom is 0.176 e. The van der Waals surface area contributed by atoms with Crippen LogP contribution in [0.4, 0.5) is 0 Å². The molecule has 97 valence electrons. The Morgan fingerprint density at radius 2 is 1.75 bits per heavy atom. The summed E-state index contributed by atoms with van der Waals surface area (Å²) in [5.74, 6) is 0. The van der Waals surface area contributed by atoms with Gasteiger partial charge in [-0.05, 0) is 45.2 Å². The van der Waals surface area contributed by atoms with Crippen LogP contribution >= 0.6 is 0 Å². The van der Waals surface area contributed by atoms with Crippen LogP contribution in [0.15, 0.2) is 0 Å². The first-order valence-electron chi connectivity index (χ1n) is 5.98. The first kappa shape index (κ1) is 16.3. The topological polar surface area (TPSA) is 38.7 Å². The minimum Gasteiger partial charge on any atom is -0.456 e. The van der Waals surface area contributed by atoms with E-state index in [0.29, 0.717) is 6.61 Å². The maximum atomic E-state index is 9.83. The van der Waals surface area contributed by atoms with Gasteiger partial charge in [0.25, 0.3) is 0 Å². The fourth-order valence-corrected chi connectivity index (χ4v) is 10.0. The zero-order chi connectivity index (χ0) is 12.8. The molecule has 3 nitrogen and oxygen atoms in total. The second kappa shape index (κ2) is 6.91. The molecule has 0 spiro atoms. The van der Waals surface area contributed by atoms with Gasteiger partial charge in [-0.3, -0.25) is 0 Å². The minimum absolute atomic E-state index is 0.388. The third-order valence-corrected chi connectivity index (χ3v) is 8.00. The maximum absolute atomic E-state index is 9.83. The van der Waals surface area contributed by atoms with E-state index in [9.17, 15) is 5.11 Å². The molecule has 1 atom stereocenters. The first-order chi connectivity index (χ1) is 7.16. The van der Waals surface area contributed by atoms with E-state index in [2.05, 4.69) is 32.7 Å². The third kappa shape index (κ3) is 9.53. The van der Waals surface area contributed by atoms with Gasteiger partial charge in [0.2, 0.25) is 0 Å². The summed E-state index contributed by atoms with van der Waals surface area (Å²) >= 11 is 0. The molecule has 0 aliphatic rings. The standard InChI is InChI=1S/C11H27O3Si2/c1-7-8-13-9-11(12)10-16(5,6)14-15(2,3)4/h8,11-12H,7,9-10H2,1-6H3. The number of aliphatic hydroxyl groups is 1. The number of aliphatic hydroxyl groups excluding tert-OH is 1. The zero-order valence-corrected chi connectivity index (χ0v) is 13.5. The number of ether oxygens (including phenoxy) is 1. The molecule has 0 amide bonds. The van der Waals surface area contributed by atoms with Crippen LogP contribution in [-0.2, 0) is 8.85 Å². The third-order valence-electron chi connectivity index (χ3n) is 1.88. The van der Waals surface area contributed by atoms with Crippen molar-refractivity contribution in [2.45, 2.75) is 58.2 Å². The molecule has 0 aromatic carbocycles. The van der Waals surface area contributed by atoms with Crippen LogP contribution in [0.3, 0.4) is 0 Å². The van der Waals surface area contributed by atoms with E-state index < -0.39 is 22.7 Å². The lowest BCUT2D eigenvalue weighted by molar-refractivity contribution is 0.0739. The Hall–Kier alpha value is 0.314. The Morgan fingerprint density at radius 3 is 2.19 bits per heavy atom. The van der Waals surface area contributed by atoms with E-state index in [4.69, 9.17) is 8.85 Å². The summed E-state index contributed by atoms with van der Waals surface area (Å²) in [7, 11) is -3.24. The Bertz CT molecular complexity index is 190. The highest BCUT2D eigenvalue weighted by Gasteiger charge is 2.31. The molecule has 0 aliphatic carbocycles. The van der Waals surface area contributed by atoms with Gasteiger partial charge >= 0.3 is 0 Å². The minimum atomic E-state index is -1.74. The predicted molar refractivity (Wildman–Crippen MR) is 73.3 cm³/mol. The van der Waals surface area contributed by atoms with E-state index >= 15 is 0 Å². The average Bonchev–Trinajstić information content (AvgIpc) is 1.98. The molecule has 1 unspecified atom stereocenters. The van der Waals surface area contributed by atoms with Gasteiger partial charge < -0.3 is 14.0 Å². The highest BCUT2D eigenvalue weighted by molar-refractivity contribution is 6.84. The summed E-state index contributed by atoms with van der Waals surface area (Å²) in [5, 5.41) is 9.83. The van der Waals surface area contributed by atoms with Gasteiger partial charge in [-0.15, -0.1) is 0 Å². The van der Waals surface area contributed by atoms with Crippen LogP contribution in [0.5, 0.6) is 0 Å². The van der Waals surface area contributed by atoms with Crippen molar-refractivity contribution in [3.8, 4) is 0 Å². The summed E-state index contributed by atoms with van der Waals surface area (Å²) in [4.78, 5) is 0. The molecular weight excluding hydrogens is 236 g/mol. The van der Waals surface area contributed by atoms with Gasteiger partial charge in [0.15, 0.2) is 16.6 Å². The van der Waals surface area contributed by atoms with Crippen molar-refractivity contribution in [1.29, 1.82) is 0 Å². The van der Waals surface area contributed by atoms with Crippen molar-refractivity contribution >= 4 is 16.6 Å². The van der Waals surface area contributed by atoms with Crippen molar-refractivity contribution in [3.05, 3.63) is 6.61 Å². The van der Waals surface area contributed by atoms with Gasteiger partial charge in [0.1, 0.15) is 0 Å². The molecule has 1 radical (unpaired) electrons. The molecule has 0 saturated carbocycles. The molecule has 5 heteroatoms. The average molecular weight is 264 g/mol. The Kier molecular flexibility index (Phi) is 7.04. The quantitative estimate of drug-likeness (QED) is 0.540. The molecular formula is C11H27O3Si2. The number of rotatable bonds is 8. The molecule has 0 saturated heterocycles. The smallest absolute Gasteiger partial charge is 0.176 e. The fourth-order valence-electron chi connectivity index (χ4n) is 1.79. The van der Waals surface area contributed by atoms with Crippen LogP contribution in [0.25, 0.3) is 0 Å². The van der Waals surface area contributed by atoms with E-state index in [-0.39, 0.29) is 0 Å². The molecule has 0 bridgehead atoms. The zero-order valence-electron chi connectivity index (χ0n) is 11.5. The van der Waals surface area contributed by atoms with Crippen LogP contribution < -0.4 is 0 Å². The Labute approximate surface area is 102 Å². The summed E-state index contributed by atoms with van der Waals surface area (Å²) in [6, 6.07) is 0.745. The SMILES string of the molecule is CC[CH]OCC(O)C[Si](C)(C)O[Si](C)(C)C. The lowest BCUT2D eigenvalue weighted by atomic mass is 10.4. The van der Waals surface area contributed by atoms with Crippen molar-refractivity contribution in [3.63, 3.8) is 0 Å².